The van der Waals surface area contributed by atoms with E-state index in [1.807, 2.05) is 0 Å². The first-order valence-electron chi connectivity index (χ1n) is 3.93. The number of rotatable bonds is 1. The van der Waals surface area contributed by atoms with Gasteiger partial charge >= 0.3 is 25.0 Å². The maximum atomic E-state index is 12.3. The minimum Gasteiger partial charge on any atom is -0.548 e. The fourth-order valence-electron chi connectivity index (χ4n) is 1.32. The topological polar surface area (TPSA) is 69.7 Å². The summed E-state index contributed by atoms with van der Waals surface area (Å²) in [5.74, 6) is -2.79. The third-order valence-electron chi connectivity index (χ3n) is 1.92. The van der Waals surface area contributed by atoms with Crippen LogP contribution in [-0.2, 0) is 14.3 Å². The Bertz CT molecular complexity index is 296. The minimum atomic E-state index is -4.81. The number of ether oxygens (including phenoxy) is 1. The number of nitrogens with zero attached hydrogens (tertiary/aromatic N) is 1. The van der Waals surface area contributed by atoms with Gasteiger partial charge in [0.1, 0.15) is 0 Å². The van der Waals surface area contributed by atoms with Crippen molar-refractivity contribution in [1.29, 1.82) is 0 Å². The number of hydrogen-bond donors (Lipinski definition) is 0. The average Bonchev–Trinajstić information content (AvgIpc) is 2.45. The standard InChI is InChI=1S/C7H8F3NO4.Li/c1-3(12)11-4(5(13)14)2-15-6(11)7(8,9)10;/h4,6H,2H2,1H3,(H,13,14);/q;+1/p-1/t4-,6+;/m0./s1. The molecular formula is C7H7F3LiNO4. The van der Waals surface area contributed by atoms with Crippen molar-refractivity contribution in [1.82, 2.24) is 4.90 Å². The van der Waals surface area contributed by atoms with E-state index in [1.54, 1.807) is 0 Å². The third kappa shape index (κ3) is 2.90. The van der Waals surface area contributed by atoms with Crippen LogP contribution in [0.1, 0.15) is 6.92 Å². The second-order valence-corrected chi connectivity index (χ2v) is 2.99. The molecular weight excluding hydrogens is 226 g/mol. The molecule has 0 aliphatic carbocycles. The molecule has 2 atom stereocenters. The van der Waals surface area contributed by atoms with Crippen LogP contribution in [0.3, 0.4) is 0 Å². The van der Waals surface area contributed by atoms with Crippen molar-refractivity contribution in [2.75, 3.05) is 6.61 Å². The maximum Gasteiger partial charge on any atom is 1.00 e. The predicted octanol–water partition coefficient (Wildman–Crippen LogP) is -4.12. The molecule has 0 aromatic carbocycles. The molecule has 5 nitrogen and oxygen atoms in total. The molecule has 1 aliphatic rings. The first-order valence-corrected chi connectivity index (χ1v) is 3.93. The van der Waals surface area contributed by atoms with Crippen LogP contribution in [0, 0.1) is 0 Å². The zero-order valence-corrected chi connectivity index (χ0v) is 8.58. The van der Waals surface area contributed by atoms with Crippen LogP contribution in [0.5, 0.6) is 0 Å². The summed E-state index contributed by atoms with van der Waals surface area (Å²) < 4.78 is 41.1. The summed E-state index contributed by atoms with van der Waals surface area (Å²) in [5, 5.41) is 10.4. The van der Waals surface area contributed by atoms with Crippen molar-refractivity contribution in [3.8, 4) is 0 Å². The molecule has 0 N–H and O–H groups in total. The Morgan fingerprint density at radius 2 is 1.94 bits per heavy atom. The summed E-state index contributed by atoms with van der Waals surface area (Å²) >= 11 is 0. The Morgan fingerprint density at radius 1 is 1.44 bits per heavy atom. The average molecular weight is 233 g/mol. The van der Waals surface area contributed by atoms with Gasteiger partial charge in [-0.2, -0.15) is 13.2 Å². The van der Waals surface area contributed by atoms with Crippen molar-refractivity contribution in [3.05, 3.63) is 0 Å². The summed E-state index contributed by atoms with van der Waals surface area (Å²) in [6.45, 7) is 0.120. The molecule has 0 unspecified atom stereocenters. The molecule has 1 fully saturated rings. The van der Waals surface area contributed by atoms with Gasteiger partial charge in [-0.15, -0.1) is 0 Å². The van der Waals surface area contributed by atoms with Crippen molar-refractivity contribution < 1.29 is 51.5 Å². The quantitative estimate of drug-likeness (QED) is 0.431. The molecule has 0 aromatic heterocycles. The fourth-order valence-corrected chi connectivity index (χ4v) is 1.32. The van der Waals surface area contributed by atoms with Gasteiger partial charge in [0.2, 0.25) is 12.1 Å². The van der Waals surface area contributed by atoms with Crippen molar-refractivity contribution >= 4 is 11.9 Å². The van der Waals surface area contributed by atoms with Gasteiger partial charge in [0.25, 0.3) is 0 Å². The van der Waals surface area contributed by atoms with E-state index in [9.17, 15) is 27.9 Å². The van der Waals surface area contributed by atoms with E-state index in [4.69, 9.17) is 0 Å². The number of aliphatic carboxylic acids is 1. The summed E-state index contributed by atoms with van der Waals surface area (Å²) in [5.41, 5.74) is 0. The molecule has 9 heteroatoms. The van der Waals surface area contributed by atoms with E-state index in [0.29, 0.717) is 0 Å². The van der Waals surface area contributed by atoms with Gasteiger partial charge in [0.05, 0.1) is 18.6 Å². The van der Waals surface area contributed by atoms with E-state index in [-0.39, 0.29) is 23.8 Å². The maximum absolute atomic E-state index is 12.3. The number of amides is 1. The van der Waals surface area contributed by atoms with Gasteiger partial charge in [-0.3, -0.25) is 9.69 Å². The minimum absolute atomic E-state index is 0. The van der Waals surface area contributed by atoms with Gasteiger partial charge in [-0.25, -0.2) is 0 Å². The van der Waals surface area contributed by atoms with Crippen molar-refractivity contribution in [2.45, 2.75) is 25.4 Å². The van der Waals surface area contributed by atoms with Crippen LogP contribution in [0.2, 0.25) is 0 Å². The van der Waals surface area contributed by atoms with Crippen LogP contribution in [0.25, 0.3) is 0 Å². The molecule has 16 heavy (non-hydrogen) atoms. The molecule has 0 spiro atoms. The van der Waals surface area contributed by atoms with Gasteiger partial charge in [-0.05, 0) is 0 Å². The van der Waals surface area contributed by atoms with Crippen LogP contribution in [-0.4, -0.2) is 41.8 Å². The molecule has 0 bridgehead atoms. The molecule has 0 saturated carbocycles. The number of carbonyl (C=O) groups is 2. The number of alkyl halides is 3. The van der Waals surface area contributed by atoms with Crippen LogP contribution in [0.15, 0.2) is 0 Å². The van der Waals surface area contributed by atoms with E-state index < -0.39 is 36.9 Å². The number of carboxylic acid groups (broad SMARTS) is 1. The van der Waals surface area contributed by atoms with Crippen molar-refractivity contribution in [3.63, 3.8) is 0 Å². The van der Waals surface area contributed by atoms with Gasteiger partial charge < -0.3 is 14.6 Å². The molecule has 1 saturated heterocycles. The molecule has 1 amide bonds. The third-order valence-corrected chi connectivity index (χ3v) is 1.92. The second-order valence-electron chi connectivity index (χ2n) is 2.99. The zero-order valence-electron chi connectivity index (χ0n) is 8.58. The monoisotopic (exact) mass is 233 g/mol. The first-order chi connectivity index (χ1) is 6.75. The number of halogens is 3. The molecule has 86 valence electrons. The first kappa shape index (κ1) is 15.3. The van der Waals surface area contributed by atoms with Crippen molar-refractivity contribution in [2.24, 2.45) is 0 Å². The Morgan fingerprint density at radius 3 is 2.25 bits per heavy atom. The van der Waals surface area contributed by atoms with Gasteiger partial charge in [0, 0.05) is 6.92 Å². The summed E-state index contributed by atoms with van der Waals surface area (Å²) in [7, 11) is 0. The van der Waals surface area contributed by atoms with E-state index >= 15 is 0 Å². The Balaban J connectivity index is 0.00000225. The predicted molar refractivity (Wildman–Crippen MR) is 37.1 cm³/mol. The summed E-state index contributed by atoms with van der Waals surface area (Å²) in [4.78, 5) is 21.4. The largest absolute Gasteiger partial charge is 1.00 e. The van der Waals surface area contributed by atoms with E-state index in [2.05, 4.69) is 4.74 Å². The number of carbonyl (C=O) groups excluding carboxylic acids is 2. The second kappa shape index (κ2) is 5.08. The fraction of sp³-hybridized carbons (Fsp3) is 0.714. The zero-order chi connectivity index (χ0) is 11.8. The molecule has 1 aliphatic heterocycles. The van der Waals surface area contributed by atoms with Gasteiger partial charge in [0.15, 0.2) is 0 Å². The summed E-state index contributed by atoms with van der Waals surface area (Å²) in [6, 6.07) is -1.69. The molecule has 1 rings (SSSR count). The molecule has 1 heterocycles. The Labute approximate surface area is 101 Å². The van der Waals surface area contributed by atoms with Crippen LogP contribution >= 0.6 is 0 Å². The Hall–Kier alpha value is -0.713. The van der Waals surface area contributed by atoms with Crippen LogP contribution < -0.4 is 24.0 Å². The van der Waals surface area contributed by atoms with E-state index in [0.717, 1.165) is 6.92 Å². The number of hydrogen-bond acceptors (Lipinski definition) is 4. The smallest absolute Gasteiger partial charge is 0.548 e. The normalized spacial score (nSPS) is 25.1. The number of carboxylic acids is 1. The SMILES string of the molecule is CC(=O)N1[C@H](C(=O)[O-])CO[C@@H]1C(F)(F)F.[Li+]. The molecule has 0 radical (unpaired) electrons. The summed E-state index contributed by atoms with van der Waals surface area (Å²) in [6.07, 6.45) is -7.31. The van der Waals surface area contributed by atoms with Crippen LogP contribution in [0.4, 0.5) is 13.2 Å². The Kier molecular flexibility index (Phi) is 4.85. The van der Waals surface area contributed by atoms with E-state index in [1.165, 1.54) is 0 Å². The molecule has 0 aromatic rings. The van der Waals surface area contributed by atoms with Gasteiger partial charge in [-0.1, -0.05) is 0 Å².